The van der Waals surface area contributed by atoms with E-state index >= 15 is 0 Å². The Kier molecular flexibility index (Phi) is 9.71. The molecule has 1 aliphatic heterocycles. The predicted molar refractivity (Wildman–Crippen MR) is 115 cm³/mol. The maximum Gasteiger partial charge on any atom is 0.328 e. The van der Waals surface area contributed by atoms with E-state index in [-0.39, 0.29) is 12.1 Å². The van der Waals surface area contributed by atoms with E-state index in [0.29, 0.717) is 24.5 Å². The lowest BCUT2D eigenvalue weighted by Crippen LogP contribution is -2.38. The largest absolute Gasteiger partial charge is 0.508 e. The number of cyclic esters (lactones) is 1. The molecule has 3 atom stereocenters. The van der Waals surface area contributed by atoms with Crippen LogP contribution in [0.2, 0.25) is 0 Å². The summed E-state index contributed by atoms with van der Waals surface area (Å²) in [5.74, 6) is 1.31. The lowest BCUT2D eigenvalue weighted by molar-refractivity contribution is -0.152. The van der Waals surface area contributed by atoms with Gasteiger partial charge in [0.25, 0.3) is 0 Å². The van der Waals surface area contributed by atoms with E-state index in [1.165, 1.54) is 5.56 Å². The van der Waals surface area contributed by atoms with Crippen molar-refractivity contribution < 1.29 is 24.2 Å². The number of aromatic hydroxyl groups is 1. The van der Waals surface area contributed by atoms with Crippen molar-refractivity contribution in [3.63, 3.8) is 0 Å². The number of benzene rings is 2. The number of phenolic OH excluding ortho intramolecular Hbond substituents is 1. The first kappa shape index (κ1) is 23.3. The van der Waals surface area contributed by atoms with E-state index in [4.69, 9.17) is 14.6 Å². The number of nitrogens with one attached hydrogen (secondary N) is 1. The van der Waals surface area contributed by atoms with E-state index in [1.807, 2.05) is 25.1 Å². The van der Waals surface area contributed by atoms with Gasteiger partial charge in [-0.2, -0.15) is 0 Å². The predicted octanol–water partition coefficient (Wildman–Crippen LogP) is 3.87. The number of hydrogen-bond acceptors (Lipinski definition) is 5. The first-order valence-corrected chi connectivity index (χ1v) is 10.3. The number of rotatable bonds is 5. The fourth-order valence-corrected chi connectivity index (χ4v) is 3.59. The molecule has 2 unspecified atom stereocenters. The van der Waals surface area contributed by atoms with Crippen molar-refractivity contribution in [2.75, 3.05) is 7.11 Å². The van der Waals surface area contributed by atoms with Gasteiger partial charge in [0.2, 0.25) is 6.41 Å². The minimum absolute atomic E-state index is 0.139. The van der Waals surface area contributed by atoms with Gasteiger partial charge in [0, 0.05) is 0 Å². The third-order valence-corrected chi connectivity index (χ3v) is 5.08. The third kappa shape index (κ3) is 8.15. The van der Waals surface area contributed by atoms with Gasteiger partial charge in [-0.1, -0.05) is 36.8 Å². The lowest BCUT2D eigenvalue weighted by Gasteiger charge is -2.20. The van der Waals surface area contributed by atoms with Crippen molar-refractivity contribution in [3.8, 4) is 11.5 Å². The first-order valence-electron chi connectivity index (χ1n) is 10.3. The molecular weight excluding hydrogens is 382 g/mol. The number of phenols is 1. The highest BCUT2D eigenvalue weighted by atomic mass is 16.5. The van der Waals surface area contributed by atoms with Crippen molar-refractivity contribution in [1.29, 1.82) is 0 Å². The van der Waals surface area contributed by atoms with E-state index in [1.54, 1.807) is 31.4 Å². The Balaban J connectivity index is 0.000000386. The second-order valence-electron chi connectivity index (χ2n) is 7.50. The molecule has 2 aromatic rings. The highest BCUT2D eigenvalue weighted by Gasteiger charge is 2.26. The highest BCUT2D eigenvalue weighted by Crippen LogP contribution is 2.25. The van der Waals surface area contributed by atoms with Crippen LogP contribution < -0.4 is 10.1 Å². The van der Waals surface area contributed by atoms with Gasteiger partial charge in [0.1, 0.15) is 17.5 Å². The monoisotopic (exact) mass is 413 g/mol. The molecule has 1 saturated heterocycles. The second kappa shape index (κ2) is 12.5. The summed E-state index contributed by atoms with van der Waals surface area (Å²) < 4.78 is 10.6. The number of para-hydroxylation sites is 1. The fourth-order valence-electron chi connectivity index (χ4n) is 3.59. The van der Waals surface area contributed by atoms with Gasteiger partial charge in [0.15, 0.2) is 0 Å². The van der Waals surface area contributed by atoms with Crippen LogP contribution in [0, 0.1) is 5.92 Å². The zero-order valence-corrected chi connectivity index (χ0v) is 17.6. The Morgan fingerprint density at radius 3 is 2.40 bits per heavy atom. The lowest BCUT2D eigenvalue weighted by atomic mass is 9.89. The SMILES string of the molecule is COc1ccc(CC2CCC[C@H](NC=O)C(=O)OC(C)C2)cc1.Oc1ccccc1. The molecule has 1 heterocycles. The summed E-state index contributed by atoms with van der Waals surface area (Å²) in [6, 6.07) is 16.3. The van der Waals surface area contributed by atoms with E-state index in [0.717, 1.165) is 31.4 Å². The average molecular weight is 414 g/mol. The van der Waals surface area contributed by atoms with E-state index in [2.05, 4.69) is 17.4 Å². The average Bonchev–Trinajstić information content (AvgIpc) is 2.80. The minimum atomic E-state index is -0.519. The van der Waals surface area contributed by atoms with Crippen LogP contribution in [0.15, 0.2) is 54.6 Å². The van der Waals surface area contributed by atoms with Crippen molar-refractivity contribution in [3.05, 3.63) is 60.2 Å². The summed E-state index contributed by atoms with van der Waals surface area (Å²) in [6.07, 6.45) is 4.77. The molecule has 0 aromatic heterocycles. The summed E-state index contributed by atoms with van der Waals surface area (Å²) in [5, 5.41) is 11.2. The number of esters is 1. The van der Waals surface area contributed by atoms with Crippen LogP contribution in [0.5, 0.6) is 11.5 Å². The zero-order chi connectivity index (χ0) is 21.8. The number of amides is 1. The Hall–Kier alpha value is -3.02. The molecule has 3 rings (SSSR count). The van der Waals surface area contributed by atoms with Crippen molar-refractivity contribution in [1.82, 2.24) is 5.32 Å². The summed E-state index contributed by atoms with van der Waals surface area (Å²) in [5.41, 5.74) is 1.26. The molecule has 162 valence electrons. The number of ether oxygens (including phenoxy) is 2. The van der Waals surface area contributed by atoms with Crippen LogP contribution in [0.1, 0.15) is 38.2 Å². The Bertz CT molecular complexity index is 763. The molecule has 0 aliphatic carbocycles. The molecule has 2 aromatic carbocycles. The van der Waals surface area contributed by atoms with Crippen LogP contribution in [0.25, 0.3) is 0 Å². The molecule has 6 heteroatoms. The third-order valence-electron chi connectivity index (χ3n) is 5.08. The number of carbonyl (C=O) groups is 2. The van der Waals surface area contributed by atoms with Gasteiger partial charge in [-0.25, -0.2) is 4.79 Å². The molecule has 6 nitrogen and oxygen atoms in total. The van der Waals surface area contributed by atoms with Crippen molar-refractivity contribution in [2.24, 2.45) is 5.92 Å². The van der Waals surface area contributed by atoms with E-state index in [9.17, 15) is 9.59 Å². The number of hydrogen-bond donors (Lipinski definition) is 2. The van der Waals surface area contributed by atoms with Crippen LogP contribution in [0.4, 0.5) is 0 Å². The molecule has 0 saturated carbocycles. The van der Waals surface area contributed by atoms with Crippen LogP contribution in [-0.2, 0) is 20.7 Å². The zero-order valence-electron chi connectivity index (χ0n) is 17.6. The first-order chi connectivity index (χ1) is 14.5. The summed E-state index contributed by atoms with van der Waals surface area (Å²) in [6.45, 7) is 1.92. The normalized spacial score (nSPS) is 21.5. The molecule has 2 N–H and O–H groups in total. The summed E-state index contributed by atoms with van der Waals surface area (Å²) >= 11 is 0. The molecular formula is C24H31NO5. The molecule has 0 spiro atoms. The summed E-state index contributed by atoms with van der Waals surface area (Å²) in [7, 11) is 1.66. The van der Waals surface area contributed by atoms with Gasteiger partial charge in [-0.05, 0) is 68.4 Å². The molecule has 0 radical (unpaired) electrons. The van der Waals surface area contributed by atoms with Gasteiger partial charge >= 0.3 is 5.97 Å². The molecule has 30 heavy (non-hydrogen) atoms. The standard InChI is InChI=1S/C18H25NO4.C6H6O/c1-13-10-15(11-14-6-8-16(22-2)9-7-14)4-3-5-17(19-12-20)18(21)23-13;7-6-4-2-1-3-5-6/h6-9,12-13,15,17H,3-5,10-11H2,1-2H3,(H,19,20);1-5,7H/t13?,15?,17-;/m0./s1. The Morgan fingerprint density at radius 2 is 1.83 bits per heavy atom. The van der Waals surface area contributed by atoms with Gasteiger partial charge in [0.05, 0.1) is 13.2 Å². The topological polar surface area (TPSA) is 84.9 Å². The fraction of sp³-hybridized carbons (Fsp3) is 0.417. The van der Waals surface area contributed by atoms with Gasteiger partial charge in [-0.3, -0.25) is 4.79 Å². The number of methoxy groups -OCH3 is 1. The molecule has 1 fully saturated rings. The Morgan fingerprint density at radius 1 is 1.13 bits per heavy atom. The van der Waals surface area contributed by atoms with Gasteiger partial charge < -0.3 is 19.9 Å². The molecule has 1 amide bonds. The van der Waals surface area contributed by atoms with Crippen LogP contribution in [-0.4, -0.2) is 36.7 Å². The molecule has 1 aliphatic rings. The Labute approximate surface area is 178 Å². The maximum absolute atomic E-state index is 12.0. The maximum atomic E-state index is 12.0. The second-order valence-corrected chi connectivity index (χ2v) is 7.50. The van der Waals surface area contributed by atoms with Crippen molar-refractivity contribution in [2.45, 2.75) is 51.2 Å². The highest BCUT2D eigenvalue weighted by molar-refractivity contribution is 5.78. The van der Waals surface area contributed by atoms with E-state index < -0.39 is 6.04 Å². The minimum Gasteiger partial charge on any atom is -0.508 e. The van der Waals surface area contributed by atoms with Crippen LogP contribution in [0.3, 0.4) is 0 Å². The smallest absolute Gasteiger partial charge is 0.328 e. The number of carbonyl (C=O) groups excluding carboxylic acids is 2. The van der Waals surface area contributed by atoms with Crippen molar-refractivity contribution >= 4 is 12.4 Å². The van der Waals surface area contributed by atoms with Crippen LogP contribution >= 0.6 is 0 Å². The quantitative estimate of drug-likeness (QED) is 0.574. The summed E-state index contributed by atoms with van der Waals surface area (Å²) in [4.78, 5) is 22.6. The van der Waals surface area contributed by atoms with Gasteiger partial charge in [-0.15, -0.1) is 0 Å². The molecule has 0 bridgehead atoms.